The van der Waals surface area contributed by atoms with Gasteiger partial charge in [-0.25, -0.2) is 14.2 Å². The predicted molar refractivity (Wildman–Crippen MR) is 96.4 cm³/mol. The summed E-state index contributed by atoms with van der Waals surface area (Å²) in [6.07, 6.45) is 1.27. The highest BCUT2D eigenvalue weighted by molar-refractivity contribution is 7.96. The lowest BCUT2D eigenvalue weighted by atomic mass is 10.3. The number of carbonyl (C=O) groups excluding carboxylic acids is 2. The number of ether oxygens (including phenoxy) is 3. The third-order valence-corrected chi connectivity index (χ3v) is 3.97. The lowest BCUT2D eigenvalue weighted by molar-refractivity contribution is -0.156. The van der Waals surface area contributed by atoms with Crippen LogP contribution in [0.1, 0.15) is 6.92 Å². The van der Waals surface area contributed by atoms with E-state index in [1.54, 1.807) is 31.2 Å². The SMILES string of the molecule is COC(=O)COC(=O)C(C)SOc1ccc(Oc2ncc(Cl)cc2F)cc1. The van der Waals surface area contributed by atoms with E-state index in [-0.39, 0.29) is 10.9 Å². The number of aromatic nitrogens is 1. The molecule has 0 aliphatic rings. The second kappa shape index (κ2) is 9.98. The molecule has 27 heavy (non-hydrogen) atoms. The molecule has 0 radical (unpaired) electrons. The van der Waals surface area contributed by atoms with Crippen LogP contribution in [0.4, 0.5) is 4.39 Å². The molecule has 1 heterocycles. The molecule has 0 aliphatic heterocycles. The maximum absolute atomic E-state index is 13.7. The van der Waals surface area contributed by atoms with Gasteiger partial charge >= 0.3 is 11.9 Å². The molecule has 0 fully saturated rings. The summed E-state index contributed by atoms with van der Waals surface area (Å²) in [5, 5.41) is -0.502. The van der Waals surface area contributed by atoms with Crippen molar-refractivity contribution in [2.24, 2.45) is 0 Å². The standard InChI is InChI=1S/C17H15ClFNO6S/c1-10(17(22)24-9-15(21)23-2)27-26-13-5-3-12(4-6-13)25-16-14(19)7-11(18)8-20-16/h3-8,10H,9H2,1-2H3. The van der Waals surface area contributed by atoms with Gasteiger partial charge in [-0.05, 0) is 37.3 Å². The quantitative estimate of drug-likeness (QED) is 0.475. The van der Waals surface area contributed by atoms with Gasteiger partial charge in [0.05, 0.1) is 24.2 Å². The predicted octanol–water partition coefficient (Wildman–Crippen LogP) is 3.80. The van der Waals surface area contributed by atoms with E-state index in [4.69, 9.17) is 25.3 Å². The van der Waals surface area contributed by atoms with E-state index in [2.05, 4.69) is 9.72 Å². The van der Waals surface area contributed by atoms with Crippen LogP contribution in [-0.2, 0) is 19.1 Å². The van der Waals surface area contributed by atoms with E-state index in [1.807, 2.05) is 0 Å². The van der Waals surface area contributed by atoms with Crippen molar-refractivity contribution in [2.75, 3.05) is 13.7 Å². The summed E-state index contributed by atoms with van der Waals surface area (Å²) >= 11 is 6.49. The molecule has 0 N–H and O–H groups in total. The van der Waals surface area contributed by atoms with Gasteiger partial charge in [-0.1, -0.05) is 11.6 Å². The molecule has 0 spiro atoms. The van der Waals surface area contributed by atoms with Crippen LogP contribution in [-0.4, -0.2) is 35.9 Å². The molecule has 7 nitrogen and oxygen atoms in total. The van der Waals surface area contributed by atoms with Crippen LogP contribution in [0.5, 0.6) is 17.4 Å². The highest BCUT2D eigenvalue weighted by atomic mass is 35.5. The molecule has 1 unspecified atom stereocenters. The number of halogens is 2. The molecule has 0 saturated carbocycles. The number of nitrogens with zero attached hydrogens (tertiary/aromatic N) is 1. The number of methoxy groups -OCH3 is 1. The first-order valence-corrected chi connectivity index (χ1v) is 8.73. The molecule has 0 aliphatic carbocycles. The molecule has 10 heteroatoms. The largest absolute Gasteiger partial charge is 0.466 e. The lowest BCUT2D eigenvalue weighted by Gasteiger charge is -2.11. The molecule has 0 saturated heterocycles. The smallest absolute Gasteiger partial charge is 0.344 e. The van der Waals surface area contributed by atoms with Gasteiger partial charge in [0.1, 0.15) is 16.7 Å². The van der Waals surface area contributed by atoms with Crippen LogP contribution in [0.3, 0.4) is 0 Å². The van der Waals surface area contributed by atoms with Gasteiger partial charge in [0.2, 0.25) is 0 Å². The summed E-state index contributed by atoms with van der Waals surface area (Å²) in [4.78, 5) is 26.4. The minimum atomic E-state index is -0.683. The Morgan fingerprint density at radius 3 is 2.56 bits per heavy atom. The van der Waals surface area contributed by atoms with E-state index in [9.17, 15) is 14.0 Å². The summed E-state index contributed by atoms with van der Waals surface area (Å²) in [5.41, 5.74) is 0. The van der Waals surface area contributed by atoms with Crippen molar-refractivity contribution < 1.29 is 32.4 Å². The maximum atomic E-state index is 13.7. The van der Waals surface area contributed by atoms with Crippen LogP contribution in [0.2, 0.25) is 5.02 Å². The molecule has 2 aromatic rings. The van der Waals surface area contributed by atoms with Crippen LogP contribution >= 0.6 is 23.6 Å². The third kappa shape index (κ3) is 6.61. The molecule has 1 atom stereocenters. The number of esters is 2. The van der Waals surface area contributed by atoms with Gasteiger partial charge in [-0.3, -0.25) is 4.79 Å². The van der Waals surface area contributed by atoms with Crippen LogP contribution in [0.15, 0.2) is 36.5 Å². The number of rotatable bonds is 8. The minimum absolute atomic E-state index is 0.167. The Morgan fingerprint density at radius 2 is 1.93 bits per heavy atom. The van der Waals surface area contributed by atoms with Gasteiger partial charge < -0.3 is 18.4 Å². The normalized spacial score (nSPS) is 11.4. The first-order chi connectivity index (χ1) is 12.9. The highest BCUT2D eigenvalue weighted by Crippen LogP contribution is 2.27. The molecule has 2 rings (SSSR count). The Balaban J connectivity index is 1.84. The number of benzene rings is 1. The zero-order valence-corrected chi connectivity index (χ0v) is 15.9. The molecule has 0 bridgehead atoms. The number of hydrogen-bond acceptors (Lipinski definition) is 8. The number of carbonyl (C=O) groups is 2. The summed E-state index contributed by atoms with van der Waals surface area (Å²) in [5.74, 6) is -1.38. The number of hydrogen-bond donors (Lipinski definition) is 0. The van der Waals surface area contributed by atoms with Gasteiger partial charge in [0.25, 0.3) is 5.88 Å². The summed E-state index contributed by atoms with van der Waals surface area (Å²) in [6.45, 7) is 1.11. The van der Waals surface area contributed by atoms with Gasteiger partial charge in [-0.2, -0.15) is 0 Å². The Labute approximate surface area is 163 Å². The zero-order chi connectivity index (χ0) is 19.8. The Hall–Kier alpha value is -2.52. The Morgan fingerprint density at radius 1 is 1.26 bits per heavy atom. The van der Waals surface area contributed by atoms with Crippen molar-refractivity contribution in [1.29, 1.82) is 0 Å². The summed E-state index contributed by atoms with van der Waals surface area (Å²) < 4.78 is 33.5. The summed E-state index contributed by atoms with van der Waals surface area (Å²) in [7, 11) is 1.20. The van der Waals surface area contributed by atoms with Crippen LogP contribution in [0, 0.1) is 5.82 Å². The van der Waals surface area contributed by atoms with Crippen molar-refractivity contribution >= 4 is 35.6 Å². The van der Waals surface area contributed by atoms with Gasteiger partial charge in [0.15, 0.2) is 12.4 Å². The second-order valence-electron chi connectivity index (χ2n) is 5.02. The summed E-state index contributed by atoms with van der Waals surface area (Å²) in [6, 6.07) is 7.34. The maximum Gasteiger partial charge on any atom is 0.344 e. The first kappa shape index (κ1) is 20.8. The average Bonchev–Trinajstić information content (AvgIpc) is 2.67. The second-order valence-corrected chi connectivity index (χ2v) is 6.52. The number of pyridine rings is 1. The molecule has 0 amide bonds. The first-order valence-electron chi connectivity index (χ1n) is 7.54. The van der Waals surface area contributed by atoms with E-state index in [0.717, 1.165) is 18.1 Å². The van der Waals surface area contributed by atoms with E-state index < -0.39 is 29.6 Å². The Kier molecular flexibility index (Phi) is 7.68. The molecular formula is C17H15ClFNO6S. The van der Waals surface area contributed by atoms with Crippen molar-refractivity contribution in [3.63, 3.8) is 0 Å². The van der Waals surface area contributed by atoms with Gasteiger partial charge in [0, 0.05) is 6.20 Å². The lowest BCUT2D eigenvalue weighted by Crippen LogP contribution is -2.22. The van der Waals surface area contributed by atoms with E-state index in [1.165, 1.54) is 13.3 Å². The average molecular weight is 416 g/mol. The molecular weight excluding hydrogens is 401 g/mol. The van der Waals surface area contributed by atoms with Crippen molar-refractivity contribution in [3.05, 3.63) is 47.4 Å². The monoisotopic (exact) mass is 415 g/mol. The third-order valence-electron chi connectivity index (χ3n) is 2.99. The zero-order valence-electron chi connectivity index (χ0n) is 14.3. The fourth-order valence-electron chi connectivity index (χ4n) is 1.63. The molecule has 1 aromatic heterocycles. The Bertz CT molecular complexity index is 805. The van der Waals surface area contributed by atoms with E-state index >= 15 is 0 Å². The van der Waals surface area contributed by atoms with Crippen molar-refractivity contribution in [1.82, 2.24) is 4.98 Å². The molecule has 1 aromatic carbocycles. The van der Waals surface area contributed by atoms with Crippen LogP contribution < -0.4 is 8.92 Å². The highest BCUT2D eigenvalue weighted by Gasteiger charge is 2.18. The van der Waals surface area contributed by atoms with Crippen molar-refractivity contribution in [2.45, 2.75) is 12.2 Å². The van der Waals surface area contributed by atoms with E-state index in [0.29, 0.717) is 11.5 Å². The topological polar surface area (TPSA) is 84.0 Å². The van der Waals surface area contributed by atoms with Crippen LogP contribution in [0.25, 0.3) is 0 Å². The fourth-order valence-corrected chi connectivity index (χ4v) is 2.28. The fraction of sp³-hybridized carbons (Fsp3) is 0.235. The molecule has 144 valence electrons. The van der Waals surface area contributed by atoms with Gasteiger partial charge in [-0.15, -0.1) is 0 Å². The van der Waals surface area contributed by atoms with Crippen molar-refractivity contribution in [3.8, 4) is 17.4 Å². The minimum Gasteiger partial charge on any atom is -0.466 e.